The Morgan fingerprint density at radius 1 is 0.976 bits per heavy atom. The molecular weight excluding hydrogens is 514 g/mol. The first kappa shape index (κ1) is 29.8. The molecule has 0 saturated heterocycles. The number of benzene rings is 3. The van der Waals surface area contributed by atoms with Gasteiger partial charge in [-0.2, -0.15) is 5.10 Å². The van der Waals surface area contributed by atoms with E-state index in [0.717, 1.165) is 47.3 Å². The normalized spacial score (nSPS) is 11.6. The zero-order chi connectivity index (χ0) is 29.7. The Balaban J connectivity index is 1.43. The molecule has 1 aromatic heterocycles. The van der Waals surface area contributed by atoms with E-state index in [4.69, 9.17) is 9.84 Å². The second-order valence-electron chi connectivity index (χ2n) is 11.6. The van der Waals surface area contributed by atoms with Crippen molar-refractivity contribution in [3.63, 3.8) is 0 Å². The van der Waals surface area contributed by atoms with Gasteiger partial charge in [0.1, 0.15) is 11.6 Å². The van der Waals surface area contributed by atoms with E-state index in [1.54, 1.807) is 16.4 Å². The molecule has 4 rings (SSSR count). The van der Waals surface area contributed by atoms with Crippen LogP contribution in [0.4, 0.5) is 0 Å². The minimum absolute atomic E-state index is 0.0654. The number of aliphatic carboxylic acids is 1. The van der Waals surface area contributed by atoms with E-state index in [1.165, 1.54) is 11.1 Å². The van der Waals surface area contributed by atoms with Crippen LogP contribution in [0.3, 0.4) is 0 Å². The molecule has 41 heavy (non-hydrogen) atoms. The molecule has 4 aromatic rings. The zero-order valence-electron chi connectivity index (χ0n) is 25.0. The molecule has 7 nitrogen and oxygen atoms in total. The molecule has 1 N–H and O–H groups in total. The van der Waals surface area contributed by atoms with Gasteiger partial charge >= 0.3 is 11.7 Å². The third-order valence-corrected chi connectivity index (χ3v) is 7.56. The predicted octanol–water partition coefficient (Wildman–Crippen LogP) is 6.20. The SMILES string of the molecule is CCn1c(CCCc2ccc(-c3ccc(OC)c(CC(=O)O)c3)c(C)c2)nn(Cc2ccc(C(C)(C)C)cc2)c1=O. The summed E-state index contributed by atoms with van der Waals surface area (Å²) in [5.74, 6) is 0.513. The number of hydrogen-bond acceptors (Lipinski definition) is 4. The molecule has 0 radical (unpaired) electrons. The van der Waals surface area contributed by atoms with Crippen molar-refractivity contribution in [3.05, 3.63) is 105 Å². The second kappa shape index (κ2) is 12.6. The summed E-state index contributed by atoms with van der Waals surface area (Å²) in [6.07, 6.45) is 2.38. The molecular formula is C34H41N3O4. The van der Waals surface area contributed by atoms with Gasteiger partial charge < -0.3 is 9.84 Å². The highest BCUT2D eigenvalue weighted by Crippen LogP contribution is 2.30. The summed E-state index contributed by atoms with van der Waals surface area (Å²) in [6, 6.07) is 20.5. The van der Waals surface area contributed by atoms with Gasteiger partial charge in [0.05, 0.1) is 20.1 Å². The number of rotatable bonds is 11. The first-order chi connectivity index (χ1) is 19.5. The number of hydrogen-bond donors (Lipinski definition) is 1. The summed E-state index contributed by atoms with van der Waals surface area (Å²) in [5.41, 5.74) is 7.39. The molecule has 0 fully saturated rings. The van der Waals surface area contributed by atoms with E-state index in [-0.39, 0.29) is 17.5 Å². The standard InChI is InChI=1S/C34H41N3O4/c1-7-36-31(35-37(33(36)40)22-25-11-15-28(16-12-25)34(3,4)5)10-8-9-24-13-17-29(23(2)19-24)26-14-18-30(41-6)27(20-26)21-32(38)39/h11-20H,7-10,21-22H2,1-6H3,(H,38,39). The molecule has 1 heterocycles. The molecule has 7 heteroatoms. The molecule has 0 aliphatic heterocycles. The van der Waals surface area contributed by atoms with Crippen LogP contribution in [0.1, 0.15) is 67.8 Å². The van der Waals surface area contributed by atoms with E-state index < -0.39 is 5.97 Å². The van der Waals surface area contributed by atoms with Gasteiger partial charge in [0, 0.05) is 18.5 Å². The van der Waals surface area contributed by atoms with Crippen molar-refractivity contribution in [1.82, 2.24) is 14.3 Å². The lowest BCUT2D eigenvalue weighted by Crippen LogP contribution is -2.25. The summed E-state index contributed by atoms with van der Waals surface area (Å²) in [5, 5.41) is 14.0. The highest BCUT2D eigenvalue weighted by Gasteiger charge is 2.16. The van der Waals surface area contributed by atoms with Gasteiger partial charge in [-0.25, -0.2) is 9.48 Å². The van der Waals surface area contributed by atoms with Crippen molar-refractivity contribution in [2.24, 2.45) is 0 Å². The molecule has 0 atom stereocenters. The highest BCUT2D eigenvalue weighted by molar-refractivity contribution is 5.75. The summed E-state index contributed by atoms with van der Waals surface area (Å²) in [4.78, 5) is 24.4. The Kier molecular flexibility index (Phi) is 9.16. The van der Waals surface area contributed by atoms with E-state index in [2.05, 4.69) is 70.2 Å². The smallest absolute Gasteiger partial charge is 0.346 e. The maximum Gasteiger partial charge on any atom is 0.346 e. The van der Waals surface area contributed by atoms with Crippen LogP contribution in [0.15, 0.2) is 65.5 Å². The number of carbonyl (C=O) groups is 1. The van der Waals surface area contributed by atoms with Crippen LogP contribution in [0.5, 0.6) is 5.75 Å². The summed E-state index contributed by atoms with van der Waals surface area (Å²) in [6.45, 7) is 11.7. The third-order valence-electron chi connectivity index (χ3n) is 7.56. The number of aromatic nitrogens is 3. The number of carboxylic acid groups (broad SMARTS) is 1. The van der Waals surface area contributed by atoms with E-state index in [9.17, 15) is 14.7 Å². The van der Waals surface area contributed by atoms with E-state index in [1.807, 2.05) is 25.1 Å². The fraction of sp³-hybridized carbons (Fsp3) is 0.382. The van der Waals surface area contributed by atoms with Crippen LogP contribution in [0.2, 0.25) is 0 Å². The van der Waals surface area contributed by atoms with Crippen LogP contribution in [-0.4, -0.2) is 32.5 Å². The average molecular weight is 556 g/mol. The largest absolute Gasteiger partial charge is 0.496 e. The summed E-state index contributed by atoms with van der Waals surface area (Å²) < 4.78 is 8.70. The number of methoxy groups -OCH3 is 1. The minimum atomic E-state index is -0.888. The summed E-state index contributed by atoms with van der Waals surface area (Å²) in [7, 11) is 1.55. The minimum Gasteiger partial charge on any atom is -0.496 e. The number of aryl methyl sites for hydroxylation is 3. The van der Waals surface area contributed by atoms with Gasteiger partial charge in [-0.3, -0.25) is 9.36 Å². The molecule has 0 saturated carbocycles. The van der Waals surface area contributed by atoms with Crippen LogP contribution < -0.4 is 10.4 Å². The molecule has 0 aliphatic carbocycles. The van der Waals surface area contributed by atoms with Crippen molar-refractivity contribution < 1.29 is 14.6 Å². The van der Waals surface area contributed by atoms with Crippen molar-refractivity contribution in [1.29, 1.82) is 0 Å². The van der Waals surface area contributed by atoms with E-state index >= 15 is 0 Å². The van der Waals surface area contributed by atoms with Crippen molar-refractivity contribution >= 4 is 5.97 Å². The molecule has 0 bridgehead atoms. The zero-order valence-corrected chi connectivity index (χ0v) is 25.0. The van der Waals surface area contributed by atoms with E-state index in [0.29, 0.717) is 24.4 Å². The average Bonchev–Trinajstić information content (AvgIpc) is 3.21. The predicted molar refractivity (Wildman–Crippen MR) is 163 cm³/mol. The number of nitrogens with zero attached hydrogens (tertiary/aromatic N) is 3. The molecule has 0 unspecified atom stereocenters. The van der Waals surface area contributed by atoms with Crippen molar-refractivity contribution in [2.45, 2.75) is 78.8 Å². The van der Waals surface area contributed by atoms with Crippen LogP contribution in [-0.2, 0) is 42.6 Å². The van der Waals surface area contributed by atoms with Gasteiger partial charge in [-0.1, -0.05) is 69.3 Å². The maximum atomic E-state index is 13.0. The van der Waals surface area contributed by atoms with Gasteiger partial charge in [0.2, 0.25) is 0 Å². The molecule has 0 amide bonds. The number of ether oxygens (including phenoxy) is 1. The first-order valence-electron chi connectivity index (χ1n) is 14.2. The Morgan fingerprint density at radius 2 is 1.68 bits per heavy atom. The maximum absolute atomic E-state index is 13.0. The highest BCUT2D eigenvalue weighted by atomic mass is 16.5. The van der Waals surface area contributed by atoms with Crippen molar-refractivity contribution in [3.8, 4) is 16.9 Å². The first-order valence-corrected chi connectivity index (χ1v) is 14.2. The molecule has 216 valence electrons. The fourth-order valence-corrected chi connectivity index (χ4v) is 5.28. The molecule has 0 spiro atoms. The Morgan fingerprint density at radius 3 is 2.29 bits per heavy atom. The quantitative estimate of drug-likeness (QED) is 0.238. The Hall–Kier alpha value is -4.13. The monoisotopic (exact) mass is 555 g/mol. The lowest BCUT2D eigenvalue weighted by atomic mass is 9.87. The lowest BCUT2D eigenvalue weighted by molar-refractivity contribution is -0.136. The van der Waals surface area contributed by atoms with Gasteiger partial charge in [-0.05, 0) is 77.6 Å². The number of carboxylic acids is 1. The topological polar surface area (TPSA) is 86.3 Å². The Bertz CT molecular complexity index is 1570. The third kappa shape index (κ3) is 7.15. The summed E-state index contributed by atoms with van der Waals surface area (Å²) >= 11 is 0. The Labute approximate surface area is 242 Å². The molecule has 3 aromatic carbocycles. The van der Waals surface area contributed by atoms with Gasteiger partial charge in [0.15, 0.2) is 0 Å². The van der Waals surface area contributed by atoms with Gasteiger partial charge in [-0.15, -0.1) is 0 Å². The van der Waals surface area contributed by atoms with Crippen molar-refractivity contribution in [2.75, 3.05) is 7.11 Å². The van der Waals surface area contributed by atoms with Crippen LogP contribution in [0, 0.1) is 6.92 Å². The van der Waals surface area contributed by atoms with Gasteiger partial charge in [0.25, 0.3) is 0 Å². The fourth-order valence-electron chi connectivity index (χ4n) is 5.28. The second-order valence-corrected chi connectivity index (χ2v) is 11.6. The van der Waals surface area contributed by atoms with Crippen LogP contribution >= 0.6 is 0 Å². The van der Waals surface area contributed by atoms with Crippen LogP contribution in [0.25, 0.3) is 11.1 Å². The lowest BCUT2D eigenvalue weighted by Gasteiger charge is -2.19. The molecule has 0 aliphatic rings.